The van der Waals surface area contributed by atoms with Gasteiger partial charge in [0.1, 0.15) is 11.2 Å². The molecule has 0 N–H and O–H groups in total. The minimum Gasteiger partial charge on any atom is -0.500 e. The van der Waals surface area contributed by atoms with Gasteiger partial charge in [-0.1, -0.05) is 12.2 Å². The van der Waals surface area contributed by atoms with E-state index in [0.717, 1.165) is 12.6 Å². The van der Waals surface area contributed by atoms with Crippen LogP contribution in [-0.2, 0) is 9.53 Å². The first-order chi connectivity index (χ1) is 7.73. The average molecular weight is 218 g/mol. The fourth-order valence-electron chi connectivity index (χ4n) is 2.94. The Labute approximate surface area is 94.2 Å². The molecule has 2 rings (SSSR count). The van der Waals surface area contributed by atoms with Crippen molar-refractivity contribution in [3.05, 3.63) is 29.5 Å². The van der Waals surface area contributed by atoms with Gasteiger partial charge in [0.15, 0.2) is 0 Å². The van der Waals surface area contributed by atoms with Crippen LogP contribution < -0.4 is 0 Å². The standard InChI is InChI=1S/C12H14N2O2/c1-3-4-8-9-5-6-11(16-2)12(8,9)10(15)7-14-13/h3-4,6-9H,5H2,1-2H3/b4-3+/t8-,9-,12+/m0/s1. The molecule has 0 bridgehead atoms. The summed E-state index contributed by atoms with van der Waals surface area (Å²) in [6, 6.07) is 0. The van der Waals surface area contributed by atoms with Crippen molar-refractivity contribution in [2.75, 3.05) is 7.11 Å². The second-order valence-corrected chi connectivity index (χ2v) is 4.14. The predicted molar refractivity (Wildman–Crippen MR) is 58.6 cm³/mol. The summed E-state index contributed by atoms with van der Waals surface area (Å²) in [5.41, 5.74) is 7.89. The van der Waals surface area contributed by atoms with Gasteiger partial charge in [-0.15, -0.1) is 0 Å². The number of ketones is 1. The Morgan fingerprint density at radius 3 is 3.06 bits per heavy atom. The quantitative estimate of drug-likeness (QED) is 0.311. The Bertz CT molecular complexity index is 432. The molecule has 2 aliphatic carbocycles. The molecule has 0 heterocycles. The maximum absolute atomic E-state index is 12.0. The molecular weight excluding hydrogens is 204 g/mol. The lowest BCUT2D eigenvalue weighted by Crippen LogP contribution is -2.23. The lowest BCUT2D eigenvalue weighted by molar-refractivity contribution is -0.121. The van der Waals surface area contributed by atoms with Crippen molar-refractivity contribution >= 4 is 12.0 Å². The Morgan fingerprint density at radius 2 is 2.50 bits per heavy atom. The van der Waals surface area contributed by atoms with E-state index in [1.165, 1.54) is 0 Å². The summed E-state index contributed by atoms with van der Waals surface area (Å²) in [5, 5.41) is 0. The van der Waals surface area contributed by atoms with E-state index in [-0.39, 0.29) is 17.6 Å². The van der Waals surface area contributed by atoms with Crippen LogP contribution in [0.4, 0.5) is 0 Å². The fraction of sp³-hybridized carbons (Fsp3) is 0.500. The molecule has 1 saturated carbocycles. The van der Waals surface area contributed by atoms with E-state index >= 15 is 0 Å². The van der Waals surface area contributed by atoms with Crippen LogP contribution in [0.3, 0.4) is 0 Å². The number of hydrogen-bond donors (Lipinski definition) is 0. The number of methoxy groups -OCH3 is 1. The van der Waals surface area contributed by atoms with E-state index in [9.17, 15) is 4.79 Å². The Morgan fingerprint density at radius 1 is 1.75 bits per heavy atom. The molecule has 4 nitrogen and oxygen atoms in total. The van der Waals surface area contributed by atoms with Crippen molar-refractivity contribution in [3.63, 3.8) is 0 Å². The average Bonchev–Trinajstić information content (AvgIpc) is 2.74. The highest BCUT2D eigenvalue weighted by Crippen LogP contribution is 2.69. The molecule has 1 fully saturated rings. The number of nitrogens with zero attached hydrogens (tertiary/aromatic N) is 2. The number of Topliss-reactive ketones (excluding diaryl/α,β-unsaturated/α-hetero) is 1. The van der Waals surface area contributed by atoms with Gasteiger partial charge in [0.2, 0.25) is 0 Å². The molecule has 0 aromatic carbocycles. The molecule has 0 unspecified atom stereocenters. The zero-order valence-electron chi connectivity index (χ0n) is 9.38. The molecule has 0 saturated heterocycles. The van der Waals surface area contributed by atoms with Gasteiger partial charge in [-0.05, 0) is 25.3 Å². The van der Waals surface area contributed by atoms with Crippen LogP contribution >= 0.6 is 0 Å². The van der Waals surface area contributed by atoms with Gasteiger partial charge in [0.05, 0.1) is 7.11 Å². The zero-order chi connectivity index (χ0) is 11.8. The first-order valence-electron chi connectivity index (χ1n) is 5.32. The molecule has 3 atom stereocenters. The predicted octanol–water partition coefficient (Wildman–Crippen LogP) is 1.60. The normalized spacial score (nSPS) is 35.2. The third-order valence-electron chi connectivity index (χ3n) is 3.60. The van der Waals surface area contributed by atoms with Crippen molar-refractivity contribution < 1.29 is 14.3 Å². The van der Waals surface area contributed by atoms with E-state index in [0.29, 0.717) is 5.76 Å². The molecule has 2 aliphatic rings. The van der Waals surface area contributed by atoms with Crippen LogP contribution in [-0.4, -0.2) is 23.9 Å². The van der Waals surface area contributed by atoms with Gasteiger partial charge < -0.3 is 10.3 Å². The minimum absolute atomic E-state index is 0.172. The Hall–Kier alpha value is -1.67. The van der Waals surface area contributed by atoms with Crippen molar-refractivity contribution in [1.29, 1.82) is 0 Å². The largest absolute Gasteiger partial charge is 0.500 e. The summed E-state index contributed by atoms with van der Waals surface area (Å²) in [6.45, 7) is 1.93. The van der Waals surface area contributed by atoms with Gasteiger partial charge in [0.25, 0.3) is 5.78 Å². The van der Waals surface area contributed by atoms with Crippen molar-refractivity contribution in [2.45, 2.75) is 13.3 Å². The summed E-state index contributed by atoms with van der Waals surface area (Å²) in [4.78, 5) is 14.8. The molecule has 0 aliphatic heterocycles. The number of rotatable bonds is 4. The lowest BCUT2D eigenvalue weighted by atomic mass is 9.96. The second-order valence-electron chi connectivity index (χ2n) is 4.14. The number of carbonyl (C=O) groups excluding carboxylic acids is 1. The van der Waals surface area contributed by atoms with E-state index < -0.39 is 5.41 Å². The lowest BCUT2D eigenvalue weighted by Gasteiger charge is -2.12. The topological polar surface area (TPSA) is 62.7 Å². The van der Waals surface area contributed by atoms with Gasteiger partial charge >= 0.3 is 6.21 Å². The molecule has 0 aromatic heterocycles. The van der Waals surface area contributed by atoms with E-state index in [1.54, 1.807) is 7.11 Å². The van der Waals surface area contributed by atoms with E-state index in [2.05, 4.69) is 4.79 Å². The monoisotopic (exact) mass is 218 g/mol. The van der Waals surface area contributed by atoms with Crippen LogP contribution in [0, 0.1) is 17.3 Å². The molecule has 0 aromatic rings. The number of allylic oxidation sites excluding steroid dienone is 4. The molecular formula is C12H14N2O2. The smallest absolute Gasteiger partial charge is 0.324 e. The SMILES string of the molecule is C/C=C/[C@H]1[C@@H]2CC=C(OC)[C@]12C(=O)C=[N+]=[N-]. The number of carbonyl (C=O) groups is 1. The molecule has 0 amide bonds. The van der Waals surface area contributed by atoms with Crippen LogP contribution in [0.1, 0.15) is 13.3 Å². The first-order valence-corrected chi connectivity index (χ1v) is 5.32. The summed E-state index contributed by atoms with van der Waals surface area (Å²) in [6.07, 6.45) is 7.76. The van der Waals surface area contributed by atoms with E-state index in [1.807, 2.05) is 25.2 Å². The van der Waals surface area contributed by atoms with Gasteiger partial charge in [-0.3, -0.25) is 4.79 Å². The maximum Gasteiger partial charge on any atom is 0.324 e. The summed E-state index contributed by atoms with van der Waals surface area (Å²) in [7, 11) is 1.57. The molecule has 16 heavy (non-hydrogen) atoms. The third kappa shape index (κ3) is 1.14. The maximum atomic E-state index is 12.0. The molecule has 0 radical (unpaired) electrons. The fourth-order valence-corrected chi connectivity index (χ4v) is 2.94. The molecule has 84 valence electrons. The Balaban J connectivity index is 2.37. The number of fused-ring (bicyclic) bond motifs is 1. The second kappa shape index (κ2) is 3.72. The minimum atomic E-state index is -0.590. The van der Waals surface area contributed by atoms with E-state index in [4.69, 9.17) is 10.3 Å². The summed E-state index contributed by atoms with van der Waals surface area (Å²) in [5.74, 6) is 0.992. The van der Waals surface area contributed by atoms with Crippen molar-refractivity contribution in [1.82, 2.24) is 0 Å². The van der Waals surface area contributed by atoms with Gasteiger partial charge in [-0.2, -0.15) is 4.79 Å². The van der Waals surface area contributed by atoms with Crippen LogP contribution in [0.15, 0.2) is 24.0 Å². The summed E-state index contributed by atoms with van der Waals surface area (Å²) < 4.78 is 5.28. The van der Waals surface area contributed by atoms with Crippen LogP contribution in [0.2, 0.25) is 0 Å². The number of ether oxygens (including phenoxy) is 1. The van der Waals surface area contributed by atoms with Crippen molar-refractivity contribution in [3.8, 4) is 0 Å². The first kappa shape index (κ1) is 10.8. The zero-order valence-corrected chi connectivity index (χ0v) is 9.38. The highest BCUT2D eigenvalue weighted by atomic mass is 16.5. The highest BCUT2D eigenvalue weighted by molar-refractivity contribution is 6.30. The highest BCUT2D eigenvalue weighted by Gasteiger charge is 2.73. The van der Waals surface area contributed by atoms with Crippen LogP contribution in [0.25, 0.3) is 5.53 Å². The van der Waals surface area contributed by atoms with Crippen LogP contribution in [0.5, 0.6) is 0 Å². The third-order valence-corrected chi connectivity index (χ3v) is 3.60. The molecule has 4 heteroatoms. The van der Waals surface area contributed by atoms with Crippen molar-refractivity contribution in [2.24, 2.45) is 17.3 Å². The summed E-state index contributed by atoms with van der Waals surface area (Å²) >= 11 is 0. The molecule has 0 spiro atoms. The van der Waals surface area contributed by atoms with Gasteiger partial charge in [0, 0.05) is 5.92 Å². The number of hydrogen-bond acceptors (Lipinski definition) is 2. The van der Waals surface area contributed by atoms with Gasteiger partial charge in [-0.25, -0.2) is 0 Å². The Kier molecular flexibility index (Phi) is 2.52.